The Labute approximate surface area is 155 Å². The van der Waals surface area contributed by atoms with Crippen LogP contribution in [-0.2, 0) is 9.59 Å². The molecule has 1 fully saturated rings. The van der Waals surface area contributed by atoms with Crippen LogP contribution in [0.25, 0.3) is 0 Å². The fourth-order valence-corrected chi connectivity index (χ4v) is 2.75. The van der Waals surface area contributed by atoms with Crippen LogP contribution in [0.15, 0.2) is 24.5 Å². The molecular weight excluding hydrogens is 362 g/mol. The molecule has 0 bridgehead atoms. The van der Waals surface area contributed by atoms with Gasteiger partial charge >= 0.3 is 5.97 Å². The van der Waals surface area contributed by atoms with E-state index < -0.39 is 36.4 Å². The van der Waals surface area contributed by atoms with E-state index in [4.69, 9.17) is 26.6 Å². The third-order valence-electron chi connectivity index (χ3n) is 4.13. The first-order valence-electron chi connectivity index (χ1n) is 7.97. The van der Waals surface area contributed by atoms with E-state index in [0.29, 0.717) is 34.1 Å². The zero-order chi connectivity index (χ0) is 19.6. The van der Waals surface area contributed by atoms with E-state index >= 15 is 0 Å². The molecule has 140 valence electrons. The number of aliphatic hydroxyl groups excluding tert-OH is 1. The first-order chi connectivity index (χ1) is 12.1. The molecule has 0 saturated heterocycles. The number of carbonyl (C=O) groups excluding carboxylic acids is 2. The second-order valence-electron chi connectivity index (χ2n) is 6.28. The number of rotatable bonds is 8. The van der Waals surface area contributed by atoms with Crippen molar-refractivity contribution in [2.75, 3.05) is 6.61 Å². The normalized spacial score (nSPS) is 19.4. The van der Waals surface area contributed by atoms with E-state index in [1.54, 1.807) is 19.9 Å². The van der Waals surface area contributed by atoms with Crippen molar-refractivity contribution < 1.29 is 29.3 Å². The van der Waals surface area contributed by atoms with Gasteiger partial charge in [-0.05, 0) is 32.4 Å². The zero-order valence-electron chi connectivity index (χ0n) is 14.4. The highest BCUT2D eigenvalue weighted by molar-refractivity contribution is 6.32. The molecule has 1 amide bonds. The molecule has 0 aliphatic heterocycles. The quantitative estimate of drug-likeness (QED) is 0.468. The third-order valence-corrected chi connectivity index (χ3v) is 4.52. The van der Waals surface area contributed by atoms with Gasteiger partial charge in [0.2, 0.25) is 5.91 Å². The second kappa shape index (κ2) is 7.88. The van der Waals surface area contributed by atoms with Crippen molar-refractivity contribution in [1.29, 1.82) is 0 Å². The lowest BCUT2D eigenvalue weighted by atomic mass is 10.0. The summed E-state index contributed by atoms with van der Waals surface area (Å²) in [6.07, 6.45) is 0.310. The van der Waals surface area contributed by atoms with Crippen molar-refractivity contribution in [3.8, 4) is 5.75 Å². The number of ketones is 1. The number of aliphatic carboxylic acids is 1. The van der Waals surface area contributed by atoms with Gasteiger partial charge in [0.25, 0.3) is 0 Å². The molecule has 26 heavy (non-hydrogen) atoms. The zero-order valence-corrected chi connectivity index (χ0v) is 15.2. The van der Waals surface area contributed by atoms with Crippen LogP contribution in [0, 0.1) is 18.8 Å². The van der Waals surface area contributed by atoms with Crippen molar-refractivity contribution in [2.45, 2.75) is 26.3 Å². The molecule has 1 aliphatic carbocycles. The van der Waals surface area contributed by atoms with Crippen LogP contribution in [0.4, 0.5) is 0 Å². The van der Waals surface area contributed by atoms with Crippen molar-refractivity contribution in [3.63, 3.8) is 0 Å². The molecule has 0 aromatic heterocycles. The number of nitrogens with one attached hydrogen (secondary N) is 1. The number of carbonyl (C=O) groups is 3. The van der Waals surface area contributed by atoms with E-state index in [1.807, 2.05) is 0 Å². The SMILES string of the molecule is C=C(C)Oc1cc(C(=O)C2CC2C(=O)N[C@@H](CO)C(=O)O)cc(Cl)c1C. The van der Waals surface area contributed by atoms with E-state index in [9.17, 15) is 14.4 Å². The highest BCUT2D eigenvalue weighted by Crippen LogP contribution is 2.42. The summed E-state index contributed by atoms with van der Waals surface area (Å²) in [5.74, 6) is -2.49. The number of amides is 1. The van der Waals surface area contributed by atoms with Gasteiger partial charge in [0.05, 0.1) is 12.4 Å². The number of aliphatic hydroxyl groups is 1. The Morgan fingerprint density at radius 3 is 2.58 bits per heavy atom. The maximum absolute atomic E-state index is 12.6. The lowest BCUT2D eigenvalue weighted by molar-refractivity contribution is -0.143. The molecular formula is C18H20ClNO6. The Balaban J connectivity index is 2.11. The van der Waals surface area contributed by atoms with Crippen LogP contribution in [0.5, 0.6) is 5.75 Å². The molecule has 7 nitrogen and oxygen atoms in total. The monoisotopic (exact) mass is 381 g/mol. The first-order valence-corrected chi connectivity index (χ1v) is 8.35. The van der Waals surface area contributed by atoms with E-state index in [2.05, 4.69) is 11.9 Å². The van der Waals surface area contributed by atoms with Crippen LogP contribution < -0.4 is 10.1 Å². The number of allylic oxidation sites excluding steroid dienone is 1. The number of halogens is 1. The molecule has 1 saturated carbocycles. The van der Waals surface area contributed by atoms with Crippen LogP contribution in [0.1, 0.15) is 29.3 Å². The van der Waals surface area contributed by atoms with Crippen LogP contribution in [0.3, 0.4) is 0 Å². The van der Waals surface area contributed by atoms with Crippen LogP contribution in [0.2, 0.25) is 5.02 Å². The van der Waals surface area contributed by atoms with Crippen molar-refractivity contribution in [3.05, 3.63) is 40.6 Å². The molecule has 0 radical (unpaired) electrons. The fraction of sp³-hybridized carbons (Fsp3) is 0.389. The number of hydrogen-bond donors (Lipinski definition) is 3. The van der Waals surface area contributed by atoms with Gasteiger partial charge in [0, 0.05) is 28.0 Å². The highest BCUT2D eigenvalue weighted by Gasteiger charge is 2.48. The van der Waals surface area contributed by atoms with Gasteiger partial charge in [-0.15, -0.1) is 0 Å². The van der Waals surface area contributed by atoms with Crippen molar-refractivity contribution in [2.24, 2.45) is 11.8 Å². The molecule has 1 aromatic rings. The molecule has 3 atom stereocenters. The van der Waals surface area contributed by atoms with E-state index in [1.165, 1.54) is 6.07 Å². The summed E-state index contributed by atoms with van der Waals surface area (Å²) in [4.78, 5) is 35.6. The van der Waals surface area contributed by atoms with E-state index in [-0.39, 0.29) is 5.78 Å². The molecule has 0 spiro atoms. The van der Waals surface area contributed by atoms with Gasteiger partial charge in [0.1, 0.15) is 11.8 Å². The molecule has 0 heterocycles. The highest BCUT2D eigenvalue weighted by atomic mass is 35.5. The van der Waals surface area contributed by atoms with Gasteiger partial charge in [-0.25, -0.2) is 4.79 Å². The smallest absolute Gasteiger partial charge is 0.328 e. The molecule has 8 heteroatoms. The lowest BCUT2D eigenvalue weighted by Gasteiger charge is -2.12. The summed E-state index contributed by atoms with van der Waals surface area (Å²) in [5.41, 5.74) is 0.984. The Bertz CT molecular complexity index is 775. The molecule has 2 rings (SSSR count). The molecule has 2 unspecified atom stereocenters. The fourth-order valence-electron chi connectivity index (χ4n) is 2.54. The summed E-state index contributed by atoms with van der Waals surface area (Å²) >= 11 is 6.16. The number of benzene rings is 1. The molecule has 3 N–H and O–H groups in total. The maximum Gasteiger partial charge on any atom is 0.328 e. The lowest BCUT2D eigenvalue weighted by Crippen LogP contribution is -2.44. The van der Waals surface area contributed by atoms with Crippen molar-refractivity contribution in [1.82, 2.24) is 5.32 Å². The van der Waals surface area contributed by atoms with Crippen LogP contribution in [-0.4, -0.2) is 40.5 Å². The third kappa shape index (κ3) is 4.42. The van der Waals surface area contributed by atoms with Crippen molar-refractivity contribution >= 4 is 29.3 Å². The number of hydrogen-bond acceptors (Lipinski definition) is 5. The summed E-state index contributed by atoms with van der Waals surface area (Å²) in [5, 5.41) is 20.4. The van der Waals surface area contributed by atoms with Gasteiger partial charge in [-0.2, -0.15) is 0 Å². The summed E-state index contributed by atoms with van der Waals surface area (Å²) in [6, 6.07) is 1.69. The van der Waals surface area contributed by atoms with Gasteiger partial charge in [0.15, 0.2) is 5.78 Å². The van der Waals surface area contributed by atoms with Gasteiger partial charge in [-0.1, -0.05) is 18.2 Å². The summed E-state index contributed by atoms with van der Waals surface area (Å²) in [6.45, 7) is 6.36. The number of Topliss-reactive ketones (excluding diaryl/α,β-unsaturated/α-hetero) is 1. The number of carboxylic acids is 1. The first kappa shape index (κ1) is 19.9. The Morgan fingerprint density at radius 2 is 2.04 bits per heavy atom. The maximum atomic E-state index is 12.6. The largest absolute Gasteiger partial charge is 0.480 e. The van der Waals surface area contributed by atoms with Gasteiger partial charge < -0.3 is 20.3 Å². The minimum atomic E-state index is -1.39. The Hall–Kier alpha value is -2.38. The van der Waals surface area contributed by atoms with Gasteiger partial charge in [-0.3, -0.25) is 9.59 Å². The standard InChI is InChI=1S/C18H20ClNO6/c1-8(2)26-15-5-10(4-13(19)9(15)3)16(22)11-6-12(11)17(23)20-14(7-21)18(24)25/h4-5,11-12,14,21H,1,6-7H2,2-3H3,(H,20,23)(H,24,25)/t11?,12?,14-/m0/s1. The minimum absolute atomic E-state index is 0.269. The Morgan fingerprint density at radius 1 is 1.38 bits per heavy atom. The van der Waals surface area contributed by atoms with E-state index in [0.717, 1.165) is 0 Å². The predicted octanol–water partition coefficient (Wildman–Crippen LogP) is 1.94. The Kier molecular flexibility index (Phi) is 6.05. The topological polar surface area (TPSA) is 113 Å². The average Bonchev–Trinajstić information content (AvgIpc) is 3.35. The summed E-state index contributed by atoms with van der Waals surface area (Å²) < 4.78 is 5.48. The second-order valence-corrected chi connectivity index (χ2v) is 6.69. The predicted molar refractivity (Wildman–Crippen MR) is 94.2 cm³/mol. The molecule has 1 aromatic carbocycles. The molecule has 1 aliphatic rings. The number of carboxylic acid groups (broad SMARTS) is 1. The number of ether oxygens (including phenoxy) is 1. The van der Waals surface area contributed by atoms with Crippen LogP contribution >= 0.6 is 11.6 Å². The summed E-state index contributed by atoms with van der Waals surface area (Å²) in [7, 11) is 0. The minimum Gasteiger partial charge on any atom is -0.480 e. The average molecular weight is 382 g/mol.